The van der Waals surface area contributed by atoms with Crippen molar-refractivity contribution >= 4 is 17.8 Å². The zero-order chi connectivity index (χ0) is 15.6. The first kappa shape index (κ1) is 14.5. The van der Waals surface area contributed by atoms with Gasteiger partial charge in [0.2, 0.25) is 5.91 Å². The van der Waals surface area contributed by atoms with Crippen molar-refractivity contribution in [2.75, 3.05) is 6.54 Å². The molecule has 7 heteroatoms. The lowest BCUT2D eigenvalue weighted by atomic mass is 9.98. The molecule has 116 valence electrons. The van der Waals surface area contributed by atoms with Crippen LogP contribution in [0.2, 0.25) is 0 Å². The second-order valence-electron chi connectivity index (χ2n) is 5.75. The summed E-state index contributed by atoms with van der Waals surface area (Å²) in [5.74, 6) is -0.631. The molecule has 0 atom stereocenters. The quantitative estimate of drug-likeness (QED) is 0.795. The van der Waals surface area contributed by atoms with E-state index in [0.717, 1.165) is 23.3 Å². The van der Waals surface area contributed by atoms with E-state index in [1.165, 1.54) is 0 Å². The van der Waals surface area contributed by atoms with Crippen LogP contribution in [0.5, 0.6) is 0 Å². The molecule has 2 heterocycles. The first-order valence-corrected chi connectivity index (χ1v) is 7.40. The van der Waals surface area contributed by atoms with Gasteiger partial charge in [-0.25, -0.2) is 4.79 Å². The maximum Gasteiger partial charge on any atom is 0.325 e. The summed E-state index contributed by atoms with van der Waals surface area (Å²) in [6.07, 6.45) is 6.47. The molecule has 1 saturated carbocycles. The van der Waals surface area contributed by atoms with Gasteiger partial charge in [0.25, 0.3) is 5.91 Å². The number of carbonyl (C=O) groups is 3. The molecule has 2 fully saturated rings. The molecule has 0 unspecified atom stereocenters. The SMILES string of the molecule is O=C(CN1C(=O)NC2(CCCC2)C1=O)NCc1cccnc1. The van der Waals surface area contributed by atoms with Crippen LogP contribution in [0, 0.1) is 0 Å². The Morgan fingerprint density at radius 1 is 1.36 bits per heavy atom. The fraction of sp³-hybridized carbons (Fsp3) is 0.467. The highest BCUT2D eigenvalue weighted by atomic mass is 16.2. The van der Waals surface area contributed by atoms with Gasteiger partial charge in [-0.1, -0.05) is 18.9 Å². The van der Waals surface area contributed by atoms with Crippen LogP contribution in [0.15, 0.2) is 24.5 Å². The molecule has 3 rings (SSSR count). The van der Waals surface area contributed by atoms with Gasteiger partial charge in [-0.05, 0) is 24.5 Å². The van der Waals surface area contributed by atoms with Crippen LogP contribution < -0.4 is 10.6 Å². The average Bonchev–Trinajstić information content (AvgIpc) is 3.08. The molecular weight excluding hydrogens is 284 g/mol. The number of amides is 4. The third-order valence-corrected chi connectivity index (χ3v) is 4.22. The van der Waals surface area contributed by atoms with Crippen LogP contribution in [-0.2, 0) is 16.1 Å². The molecule has 0 radical (unpaired) electrons. The van der Waals surface area contributed by atoms with E-state index in [2.05, 4.69) is 15.6 Å². The van der Waals surface area contributed by atoms with Gasteiger partial charge in [-0.3, -0.25) is 19.5 Å². The van der Waals surface area contributed by atoms with Crippen LogP contribution >= 0.6 is 0 Å². The fourth-order valence-electron chi connectivity index (χ4n) is 3.04. The maximum atomic E-state index is 12.4. The average molecular weight is 302 g/mol. The highest BCUT2D eigenvalue weighted by Crippen LogP contribution is 2.34. The van der Waals surface area contributed by atoms with Crippen LogP contribution in [0.25, 0.3) is 0 Å². The minimum atomic E-state index is -0.763. The zero-order valence-electron chi connectivity index (χ0n) is 12.2. The predicted octanol–water partition coefficient (Wildman–Crippen LogP) is 0.562. The molecule has 1 saturated heterocycles. The Labute approximate surface area is 128 Å². The van der Waals surface area contributed by atoms with Crippen LogP contribution in [0.4, 0.5) is 4.79 Å². The topological polar surface area (TPSA) is 91.4 Å². The summed E-state index contributed by atoms with van der Waals surface area (Å²) in [7, 11) is 0. The summed E-state index contributed by atoms with van der Waals surface area (Å²) in [6, 6.07) is 3.15. The lowest BCUT2D eigenvalue weighted by Crippen LogP contribution is -2.45. The number of carbonyl (C=O) groups excluding carboxylic acids is 3. The smallest absolute Gasteiger partial charge is 0.325 e. The highest BCUT2D eigenvalue weighted by Gasteiger charge is 2.52. The molecule has 1 aliphatic carbocycles. The first-order chi connectivity index (χ1) is 10.6. The van der Waals surface area contributed by atoms with Gasteiger partial charge in [0.05, 0.1) is 0 Å². The minimum Gasteiger partial charge on any atom is -0.350 e. The normalized spacial score (nSPS) is 19.5. The lowest BCUT2D eigenvalue weighted by Gasteiger charge is -2.19. The monoisotopic (exact) mass is 302 g/mol. The molecule has 1 aliphatic heterocycles. The number of nitrogens with one attached hydrogen (secondary N) is 2. The van der Waals surface area contributed by atoms with Crippen LogP contribution in [-0.4, -0.2) is 39.8 Å². The molecule has 4 amide bonds. The van der Waals surface area contributed by atoms with E-state index in [1.807, 2.05) is 6.07 Å². The number of nitrogens with zero attached hydrogens (tertiary/aromatic N) is 2. The highest BCUT2D eigenvalue weighted by molar-refractivity contribution is 6.09. The largest absolute Gasteiger partial charge is 0.350 e. The molecular formula is C15H18N4O3. The second kappa shape index (κ2) is 5.75. The van der Waals surface area contributed by atoms with E-state index < -0.39 is 11.6 Å². The Morgan fingerprint density at radius 3 is 2.82 bits per heavy atom. The maximum absolute atomic E-state index is 12.4. The van der Waals surface area contributed by atoms with E-state index in [4.69, 9.17) is 0 Å². The molecule has 7 nitrogen and oxygen atoms in total. The fourth-order valence-corrected chi connectivity index (χ4v) is 3.04. The molecule has 2 N–H and O–H groups in total. The minimum absolute atomic E-state index is 0.243. The Balaban J connectivity index is 1.57. The predicted molar refractivity (Wildman–Crippen MR) is 77.5 cm³/mol. The summed E-state index contributed by atoms with van der Waals surface area (Å²) in [6.45, 7) is 0.0775. The summed E-state index contributed by atoms with van der Waals surface area (Å²) in [4.78, 5) is 41.3. The van der Waals surface area contributed by atoms with Crippen LogP contribution in [0.3, 0.4) is 0 Å². The van der Waals surface area contributed by atoms with Crippen molar-refractivity contribution < 1.29 is 14.4 Å². The number of hydrogen-bond acceptors (Lipinski definition) is 4. The lowest BCUT2D eigenvalue weighted by molar-refractivity contribution is -0.134. The number of urea groups is 1. The van der Waals surface area contributed by atoms with Crippen molar-refractivity contribution in [3.05, 3.63) is 30.1 Å². The summed E-state index contributed by atoms with van der Waals surface area (Å²) in [5.41, 5.74) is 0.0982. The van der Waals surface area contributed by atoms with E-state index >= 15 is 0 Å². The summed E-state index contributed by atoms with van der Waals surface area (Å²) < 4.78 is 0. The van der Waals surface area contributed by atoms with Crippen LogP contribution in [0.1, 0.15) is 31.2 Å². The van der Waals surface area contributed by atoms with Crippen molar-refractivity contribution in [1.82, 2.24) is 20.5 Å². The first-order valence-electron chi connectivity index (χ1n) is 7.40. The molecule has 1 aromatic rings. The van der Waals surface area contributed by atoms with Gasteiger partial charge in [0, 0.05) is 18.9 Å². The standard InChI is InChI=1S/C15H18N4O3/c20-12(17-9-11-4-3-7-16-8-11)10-19-13(21)15(18-14(19)22)5-1-2-6-15/h3-4,7-8H,1-2,5-6,9-10H2,(H,17,20)(H,18,22). The molecule has 22 heavy (non-hydrogen) atoms. The Hall–Kier alpha value is -2.44. The Morgan fingerprint density at radius 2 is 2.14 bits per heavy atom. The van der Waals surface area contributed by atoms with Gasteiger partial charge in [-0.15, -0.1) is 0 Å². The van der Waals surface area contributed by atoms with E-state index in [-0.39, 0.29) is 18.4 Å². The van der Waals surface area contributed by atoms with Gasteiger partial charge >= 0.3 is 6.03 Å². The van der Waals surface area contributed by atoms with Crippen molar-refractivity contribution in [2.24, 2.45) is 0 Å². The zero-order valence-corrected chi connectivity index (χ0v) is 12.2. The molecule has 1 spiro atoms. The third-order valence-electron chi connectivity index (χ3n) is 4.22. The number of hydrogen-bond donors (Lipinski definition) is 2. The Kier molecular flexibility index (Phi) is 3.79. The molecule has 0 bridgehead atoms. The second-order valence-corrected chi connectivity index (χ2v) is 5.75. The molecule has 2 aliphatic rings. The third kappa shape index (κ3) is 2.66. The van der Waals surface area contributed by atoms with Gasteiger partial charge in [0.15, 0.2) is 0 Å². The van der Waals surface area contributed by atoms with Crippen molar-refractivity contribution in [1.29, 1.82) is 0 Å². The summed E-state index contributed by atoms with van der Waals surface area (Å²) in [5, 5.41) is 5.45. The number of imide groups is 1. The van der Waals surface area contributed by atoms with Gasteiger partial charge < -0.3 is 10.6 Å². The van der Waals surface area contributed by atoms with Gasteiger partial charge in [-0.2, -0.15) is 0 Å². The van der Waals surface area contributed by atoms with E-state index in [1.54, 1.807) is 18.5 Å². The van der Waals surface area contributed by atoms with E-state index in [9.17, 15) is 14.4 Å². The van der Waals surface area contributed by atoms with Crippen molar-refractivity contribution in [2.45, 2.75) is 37.8 Å². The number of rotatable bonds is 4. The van der Waals surface area contributed by atoms with E-state index in [0.29, 0.717) is 19.4 Å². The summed E-state index contributed by atoms with van der Waals surface area (Å²) >= 11 is 0. The van der Waals surface area contributed by atoms with Crippen molar-refractivity contribution in [3.8, 4) is 0 Å². The number of pyridine rings is 1. The van der Waals surface area contributed by atoms with Crippen molar-refractivity contribution in [3.63, 3.8) is 0 Å². The molecule has 0 aromatic carbocycles. The Bertz CT molecular complexity index is 596. The number of aromatic nitrogens is 1. The molecule has 1 aromatic heterocycles. The van der Waals surface area contributed by atoms with Gasteiger partial charge in [0.1, 0.15) is 12.1 Å².